The van der Waals surface area contributed by atoms with Gasteiger partial charge >= 0.3 is 0 Å². The molecule has 0 atom stereocenters. The monoisotopic (exact) mass is 304 g/mol. The summed E-state index contributed by atoms with van der Waals surface area (Å²) >= 11 is 0. The van der Waals surface area contributed by atoms with Crippen LogP contribution in [0.25, 0.3) is 0 Å². The van der Waals surface area contributed by atoms with Gasteiger partial charge in [-0.3, -0.25) is 9.52 Å². The van der Waals surface area contributed by atoms with Crippen molar-refractivity contribution < 1.29 is 13.2 Å². The lowest BCUT2D eigenvalue weighted by molar-refractivity contribution is 0.0962. The van der Waals surface area contributed by atoms with Crippen LogP contribution in [0.1, 0.15) is 15.9 Å². The van der Waals surface area contributed by atoms with Gasteiger partial charge < -0.3 is 5.32 Å². The van der Waals surface area contributed by atoms with Gasteiger partial charge in [0.05, 0.1) is 10.6 Å². The Morgan fingerprint density at radius 1 is 1.00 bits per heavy atom. The van der Waals surface area contributed by atoms with E-state index in [0.29, 0.717) is 16.8 Å². The van der Waals surface area contributed by atoms with Gasteiger partial charge in [-0.15, -0.1) is 0 Å². The summed E-state index contributed by atoms with van der Waals surface area (Å²) in [5, 5.41) is 2.53. The minimum Gasteiger partial charge on any atom is -0.355 e. The third-order valence-electron chi connectivity index (χ3n) is 3.10. The molecule has 0 aromatic heterocycles. The van der Waals surface area contributed by atoms with Crippen molar-refractivity contribution in [2.45, 2.75) is 11.8 Å². The Morgan fingerprint density at radius 2 is 1.67 bits per heavy atom. The highest BCUT2D eigenvalue weighted by molar-refractivity contribution is 7.92. The zero-order chi connectivity index (χ0) is 15.5. The molecule has 0 spiro atoms. The number of hydrogen-bond donors (Lipinski definition) is 2. The molecule has 110 valence electrons. The number of sulfonamides is 1. The van der Waals surface area contributed by atoms with Crippen LogP contribution in [-0.4, -0.2) is 21.4 Å². The van der Waals surface area contributed by atoms with Crippen LogP contribution in [-0.2, 0) is 10.0 Å². The predicted molar refractivity (Wildman–Crippen MR) is 81.8 cm³/mol. The summed E-state index contributed by atoms with van der Waals surface area (Å²) in [5.41, 5.74) is 1.40. The number of anilines is 1. The van der Waals surface area contributed by atoms with Gasteiger partial charge in [-0.2, -0.15) is 0 Å². The minimum atomic E-state index is -3.67. The van der Waals surface area contributed by atoms with Gasteiger partial charge in [0.1, 0.15) is 0 Å². The lowest BCUT2D eigenvalue weighted by atomic mass is 10.1. The van der Waals surface area contributed by atoms with Gasteiger partial charge in [0.2, 0.25) is 0 Å². The van der Waals surface area contributed by atoms with E-state index in [9.17, 15) is 13.2 Å². The second-order valence-electron chi connectivity index (χ2n) is 4.48. The molecule has 0 saturated heterocycles. The fraction of sp³-hybridized carbons (Fsp3) is 0.133. The SMILES string of the molecule is CNC(=O)c1cccc(NS(=O)(=O)c2ccccc2)c1C. The summed E-state index contributed by atoms with van der Waals surface area (Å²) in [5.74, 6) is -0.256. The molecule has 2 rings (SSSR count). The summed E-state index contributed by atoms with van der Waals surface area (Å²) in [6.07, 6.45) is 0. The Bertz CT molecular complexity index is 756. The van der Waals surface area contributed by atoms with Crippen molar-refractivity contribution in [3.63, 3.8) is 0 Å². The highest BCUT2D eigenvalue weighted by atomic mass is 32.2. The maximum Gasteiger partial charge on any atom is 0.261 e. The molecule has 0 saturated carbocycles. The van der Waals surface area contributed by atoms with Crippen molar-refractivity contribution in [3.05, 3.63) is 59.7 Å². The number of benzene rings is 2. The van der Waals surface area contributed by atoms with E-state index in [-0.39, 0.29) is 10.8 Å². The van der Waals surface area contributed by atoms with Crippen LogP contribution in [0.2, 0.25) is 0 Å². The summed E-state index contributed by atoms with van der Waals surface area (Å²) in [4.78, 5) is 11.9. The van der Waals surface area contributed by atoms with Crippen molar-refractivity contribution in [1.29, 1.82) is 0 Å². The van der Waals surface area contributed by atoms with E-state index in [1.807, 2.05) is 0 Å². The first-order valence-corrected chi connectivity index (χ1v) is 7.83. The molecule has 0 aliphatic heterocycles. The Hall–Kier alpha value is -2.34. The third-order valence-corrected chi connectivity index (χ3v) is 4.48. The summed E-state index contributed by atoms with van der Waals surface area (Å²) in [7, 11) is -2.14. The third kappa shape index (κ3) is 3.22. The van der Waals surface area contributed by atoms with Gasteiger partial charge in [0, 0.05) is 12.6 Å². The van der Waals surface area contributed by atoms with Gasteiger partial charge in [0.15, 0.2) is 0 Å². The maximum atomic E-state index is 12.3. The smallest absolute Gasteiger partial charge is 0.261 e. The Kier molecular flexibility index (Phi) is 4.28. The lowest BCUT2D eigenvalue weighted by Crippen LogP contribution is -2.20. The van der Waals surface area contributed by atoms with Crippen molar-refractivity contribution in [3.8, 4) is 0 Å². The molecular weight excluding hydrogens is 288 g/mol. The first-order chi connectivity index (χ1) is 9.95. The highest BCUT2D eigenvalue weighted by Crippen LogP contribution is 2.22. The van der Waals surface area contributed by atoms with Crippen LogP contribution >= 0.6 is 0 Å². The summed E-state index contributed by atoms with van der Waals surface area (Å²) in [6, 6.07) is 13.0. The molecule has 6 heteroatoms. The molecule has 0 aliphatic rings. The van der Waals surface area contributed by atoms with E-state index in [0.717, 1.165) is 0 Å². The number of carbonyl (C=O) groups is 1. The first-order valence-electron chi connectivity index (χ1n) is 6.35. The molecule has 0 bridgehead atoms. The minimum absolute atomic E-state index is 0.176. The fourth-order valence-electron chi connectivity index (χ4n) is 1.93. The molecule has 5 nitrogen and oxygen atoms in total. The molecule has 0 heterocycles. The molecule has 0 radical (unpaired) electrons. The van der Waals surface area contributed by atoms with Gasteiger partial charge in [-0.05, 0) is 36.8 Å². The normalized spacial score (nSPS) is 11.0. The van der Waals surface area contributed by atoms with Crippen LogP contribution in [0, 0.1) is 6.92 Å². The number of hydrogen-bond acceptors (Lipinski definition) is 3. The van der Waals surface area contributed by atoms with E-state index < -0.39 is 10.0 Å². The molecule has 0 unspecified atom stereocenters. The Morgan fingerprint density at radius 3 is 2.29 bits per heavy atom. The van der Waals surface area contributed by atoms with Gasteiger partial charge in [0.25, 0.3) is 15.9 Å². The molecule has 0 aliphatic carbocycles. The molecule has 2 aromatic rings. The summed E-state index contributed by atoms with van der Waals surface area (Å²) in [6.45, 7) is 1.70. The first kappa shape index (κ1) is 15.1. The van der Waals surface area contributed by atoms with Crippen molar-refractivity contribution in [2.75, 3.05) is 11.8 Å². The lowest BCUT2D eigenvalue weighted by Gasteiger charge is -2.13. The molecular formula is C15H16N2O3S. The van der Waals surface area contributed by atoms with Crippen LogP contribution in [0.5, 0.6) is 0 Å². The van der Waals surface area contributed by atoms with E-state index in [2.05, 4.69) is 10.0 Å². The Labute approximate surface area is 124 Å². The molecule has 0 fully saturated rings. The van der Waals surface area contributed by atoms with Crippen molar-refractivity contribution in [2.24, 2.45) is 0 Å². The fourth-order valence-corrected chi connectivity index (χ4v) is 3.07. The predicted octanol–water partition coefficient (Wildman–Crippen LogP) is 2.16. The van der Waals surface area contributed by atoms with E-state index in [1.54, 1.807) is 43.3 Å². The van der Waals surface area contributed by atoms with E-state index in [4.69, 9.17) is 0 Å². The zero-order valence-electron chi connectivity index (χ0n) is 11.8. The van der Waals surface area contributed by atoms with E-state index >= 15 is 0 Å². The average Bonchev–Trinajstić information content (AvgIpc) is 2.49. The second kappa shape index (κ2) is 5.97. The maximum absolute atomic E-state index is 12.3. The van der Waals surface area contributed by atoms with Crippen LogP contribution in [0.4, 0.5) is 5.69 Å². The van der Waals surface area contributed by atoms with Crippen LogP contribution in [0.15, 0.2) is 53.4 Å². The van der Waals surface area contributed by atoms with Gasteiger partial charge in [-0.25, -0.2) is 8.42 Å². The highest BCUT2D eigenvalue weighted by Gasteiger charge is 2.17. The molecule has 21 heavy (non-hydrogen) atoms. The zero-order valence-corrected chi connectivity index (χ0v) is 12.6. The van der Waals surface area contributed by atoms with Gasteiger partial charge in [-0.1, -0.05) is 24.3 Å². The second-order valence-corrected chi connectivity index (χ2v) is 6.16. The number of nitrogens with one attached hydrogen (secondary N) is 2. The molecule has 2 N–H and O–H groups in total. The summed E-state index contributed by atoms with van der Waals surface area (Å²) < 4.78 is 27.1. The number of amides is 1. The van der Waals surface area contributed by atoms with Crippen LogP contribution in [0.3, 0.4) is 0 Å². The van der Waals surface area contributed by atoms with Crippen LogP contribution < -0.4 is 10.0 Å². The standard InChI is InChI=1S/C15H16N2O3S/c1-11-13(15(18)16-2)9-6-10-14(11)17-21(19,20)12-7-4-3-5-8-12/h3-10,17H,1-2H3,(H,16,18). The molecule has 1 amide bonds. The number of rotatable bonds is 4. The number of carbonyl (C=O) groups excluding carboxylic acids is 1. The Balaban J connectivity index is 2.39. The largest absolute Gasteiger partial charge is 0.355 e. The van der Waals surface area contributed by atoms with E-state index in [1.165, 1.54) is 19.2 Å². The molecule has 2 aromatic carbocycles. The quantitative estimate of drug-likeness (QED) is 0.909. The average molecular weight is 304 g/mol. The topological polar surface area (TPSA) is 75.3 Å². The van der Waals surface area contributed by atoms with Crippen molar-refractivity contribution in [1.82, 2.24) is 5.32 Å². The van der Waals surface area contributed by atoms with Crippen molar-refractivity contribution >= 4 is 21.6 Å².